The first-order valence-corrected chi connectivity index (χ1v) is 8.38. The summed E-state index contributed by atoms with van der Waals surface area (Å²) in [6.07, 6.45) is 4.23. The molecule has 0 aromatic heterocycles. The number of hydrogen-bond acceptors (Lipinski definition) is 3. The molecule has 120 valence electrons. The highest BCUT2D eigenvalue weighted by molar-refractivity contribution is 4.93. The molecule has 1 saturated carbocycles. The maximum Gasteiger partial charge on any atom is 0.0555 e. The number of hydrogen-bond donors (Lipinski definition) is 1. The van der Waals surface area contributed by atoms with E-state index in [1.165, 1.54) is 12.8 Å². The minimum absolute atomic E-state index is 0.0997. The van der Waals surface area contributed by atoms with Crippen LogP contribution in [0.25, 0.3) is 0 Å². The zero-order valence-electron chi connectivity index (χ0n) is 14.5. The van der Waals surface area contributed by atoms with Crippen LogP contribution in [0.3, 0.4) is 0 Å². The zero-order valence-corrected chi connectivity index (χ0v) is 14.5. The van der Waals surface area contributed by atoms with Crippen molar-refractivity contribution in [1.82, 2.24) is 9.80 Å². The Morgan fingerprint density at radius 3 is 2.25 bits per heavy atom. The lowest BCUT2D eigenvalue weighted by molar-refractivity contribution is -0.0179. The van der Waals surface area contributed by atoms with E-state index in [1.807, 2.05) is 0 Å². The predicted octanol–water partition coefficient (Wildman–Crippen LogP) is 2.84. The molecule has 20 heavy (non-hydrogen) atoms. The van der Waals surface area contributed by atoms with Crippen molar-refractivity contribution in [2.75, 3.05) is 33.7 Å². The maximum atomic E-state index is 10.1. The van der Waals surface area contributed by atoms with Crippen LogP contribution in [0.15, 0.2) is 0 Å². The van der Waals surface area contributed by atoms with E-state index in [1.54, 1.807) is 0 Å². The monoisotopic (exact) mass is 284 g/mol. The van der Waals surface area contributed by atoms with Crippen molar-refractivity contribution in [3.05, 3.63) is 0 Å². The maximum absolute atomic E-state index is 10.1. The van der Waals surface area contributed by atoms with Crippen LogP contribution in [0.2, 0.25) is 0 Å². The van der Waals surface area contributed by atoms with Crippen molar-refractivity contribution in [3.63, 3.8) is 0 Å². The molecule has 0 heterocycles. The Kier molecular flexibility index (Phi) is 6.96. The lowest BCUT2D eigenvalue weighted by Crippen LogP contribution is -2.51. The fourth-order valence-corrected chi connectivity index (χ4v) is 3.59. The van der Waals surface area contributed by atoms with Gasteiger partial charge in [-0.25, -0.2) is 0 Å². The molecular formula is C17H36N2O. The van der Waals surface area contributed by atoms with Crippen molar-refractivity contribution in [1.29, 1.82) is 0 Å². The number of aliphatic hydroxyl groups is 1. The van der Waals surface area contributed by atoms with Crippen molar-refractivity contribution in [2.24, 2.45) is 11.3 Å². The fraction of sp³-hybridized carbons (Fsp3) is 1.00. The molecule has 0 aliphatic heterocycles. The average Bonchev–Trinajstić information content (AvgIpc) is 2.39. The Labute approximate surface area is 126 Å². The summed E-state index contributed by atoms with van der Waals surface area (Å²) in [5, 5.41) is 10.1. The van der Waals surface area contributed by atoms with Crippen LogP contribution in [-0.4, -0.2) is 60.8 Å². The molecule has 3 heteroatoms. The summed E-state index contributed by atoms with van der Waals surface area (Å²) < 4.78 is 0. The second-order valence-electron chi connectivity index (χ2n) is 7.41. The normalized spacial score (nSPS) is 28.4. The summed E-state index contributed by atoms with van der Waals surface area (Å²) in [4.78, 5) is 4.85. The fourth-order valence-electron chi connectivity index (χ4n) is 3.59. The molecule has 0 radical (unpaired) electrons. The second-order valence-corrected chi connectivity index (χ2v) is 7.41. The molecule has 0 amide bonds. The quantitative estimate of drug-likeness (QED) is 0.779. The molecule has 1 rings (SSSR count). The van der Waals surface area contributed by atoms with Crippen molar-refractivity contribution in [3.8, 4) is 0 Å². The number of rotatable bonds is 7. The molecule has 3 nitrogen and oxygen atoms in total. The van der Waals surface area contributed by atoms with Crippen LogP contribution in [0.5, 0.6) is 0 Å². The molecule has 1 aliphatic rings. The first kappa shape index (κ1) is 17.9. The molecule has 0 spiro atoms. The Balaban J connectivity index is 2.81. The summed E-state index contributed by atoms with van der Waals surface area (Å²) in [5.74, 6) is 0.706. The third-order valence-electron chi connectivity index (χ3n) is 5.41. The molecule has 0 aromatic rings. The van der Waals surface area contributed by atoms with Gasteiger partial charge in [0.1, 0.15) is 0 Å². The van der Waals surface area contributed by atoms with Gasteiger partial charge in [0.25, 0.3) is 0 Å². The Hall–Kier alpha value is -0.120. The van der Waals surface area contributed by atoms with Crippen LogP contribution < -0.4 is 0 Å². The van der Waals surface area contributed by atoms with E-state index in [-0.39, 0.29) is 6.10 Å². The molecule has 0 bridgehead atoms. The summed E-state index contributed by atoms with van der Waals surface area (Å²) >= 11 is 0. The van der Waals surface area contributed by atoms with E-state index in [0.29, 0.717) is 17.4 Å². The minimum atomic E-state index is -0.0997. The highest BCUT2D eigenvalue weighted by Crippen LogP contribution is 2.42. The van der Waals surface area contributed by atoms with Gasteiger partial charge < -0.3 is 10.0 Å². The van der Waals surface area contributed by atoms with Gasteiger partial charge in [0, 0.05) is 19.1 Å². The molecule has 1 fully saturated rings. The third-order valence-corrected chi connectivity index (χ3v) is 5.41. The van der Waals surface area contributed by atoms with Crippen LogP contribution in [0, 0.1) is 11.3 Å². The van der Waals surface area contributed by atoms with Crippen molar-refractivity contribution >= 4 is 0 Å². The van der Waals surface area contributed by atoms with Crippen molar-refractivity contribution < 1.29 is 5.11 Å². The van der Waals surface area contributed by atoms with Crippen molar-refractivity contribution in [2.45, 2.75) is 65.5 Å². The third kappa shape index (κ3) is 4.71. The summed E-state index contributed by atoms with van der Waals surface area (Å²) in [5.41, 5.74) is 0.371. The Morgan fingerprint density at radius 2 is 1.75 bits per heavy atom. The number of nitrogens with zero attached hydrogens (tertiary/aromatic N) is 2. The largest absolute Gasteiger partial charge is 0.393 e. The molecule has 3 atom stereocenters. The van der Waals surface area contributed by atoms with Crippen LogP contribution in [0.4, 0.5) is 0 Å². The molecule has 0 aromatic carbocycles. The van der Waals surface area contributed by atoms with Gasteiger partial charge in [0.15, 0.2) is 0 Å². The Bertz CT molecular complexity index is 278. The van der Waals surface area contributed by atoms with Gasteiger partial charge >= 0.3 is 0 Å². The van der Waals surface area contributed by atoms with Gasteiger partial charge in [-0.2, -0.15) is 0 Å². The van der Waals surface area contributed by atoms with Crippen LogP contribution in [0.1, 0.15) is 53.4 Å². The van der Waals surface area contributed by atoms with Gasteiger partial charge in [0.05, 0.1) is 6.10 Å². The zero-order chi connectivity index (χ0) is 15.3. The molecule has 1 aliphatic carbocycles. The average molecular weight is 284 g/mol. The minimum Gasteiger partial charge on any atom is -0.393 e. The van der Waals surface area contributed by atoms with E-state index >= 15 is 0 Å². The van der Waals surface area contributed by atoms with Gasteiger partial charge in [0.2, 0.25) is 0 Å². The van der Waals surface area contributed by atoms with E-state index in [4.69, 9.17) is 0 Å². The van der Waals surface area contributed by atoms with Gasteiger partial charge in [-0.1, -0.05) is 34.1 Å². The second kappa shape index (κ2) is 7.77. The van der Waals surface area contributed by atoms with Gasteiger partial charge in [-0.15, -0.1) is 0 Å². The van der Waals surface area contributed by atoms with E-state index < -0.39 is 0 Å². The van der Waals surface area contributed by atoms with Crippen LogP contribution >= 0.6 is 0 Å². The van der Waals surface area contributed by atoms with E-state index in [9.17, 15) is 5.11 Å². The molecule has 0 saturated heterocycles. The SMILES string of the molecule is CCN(CCN(C)C)C1CC(O)CCC1C(C)(C)CC. The summed E-state index contributed by atoms with van der Waals surface area (Å²) in [6.45, 7) is 12.7. The smallest absolute Gasteiger partial charge is 0.0555 e. The first-order chi connectivity index (χ1) is 9.31. The van der Waals surface area contributed by atoms with E-state index in [0.717, 1.165) is 32.5 Å². The standard InChI is InChI=1S/C17H36N2O/c1-7-17(3,4)15-10-9-14(20)13-16(15)19(8-2)12-11-18(5)6/h14-16,20H,7-13H2,1-6H3. The lowest BCUT2D eigenvalue weighted by Gasteiger charge is -2.48. The predicted molar refractivity (Wildman–Crippen MR) is 87.0 cm³/mol. The summed E-state index contributed by atoms with van der Waals surface area (Å²) in [7, 11) is 4.27. The first-order valence-electron chi connectivity index (χ1n) is 8.38. The van der Waals surface area contributed by atoms with E-state index in [2.05, 4.69) is 51.6 Å². The number of likely N-dealkylation sites (N-methyl/N-ethyl adjacent to an activating group) is 2. The molecule has 3 unspecified atom stereocenters. The van der Waals surface area contributed by atoms with Gasteiger partial charge in [-0.05, 0) is 51.2 Å². The lowest BCUT2D eigenvalue weighted by atomic mass is 9.66. The van der Waals surface area contributed by atoms with Gasteiger partial charge in [-0.3, -0.25) is 4.90 Å². The van der Waals surface area contributed by atoms with Crippen LogP contribution in [-0.2, 0) is 0 Å². The Morgan fingerprint density at radius 1 is 1.10 bits per heavy atom. The summed E-state index contributed by atoms with van der Waals surface area (Å²) in [6, 6.07) is 0.540. The molecular weight excluding hydrogens is 248 g/mol. The highest BCUT2D eigenvalue weighted by atomic mass is 16.3. The number of aliphatic hydroxyl groups excluding tert-OH is 1. The molecule has 1 N–H and O–H groups in total. The highest BCUT2D eigenvalue weighted by Gasteiger charge is 2.40. The topological polar surface area (TPSA) is 26.7 Å².